The van der Waals surface area contributed by atoms with Crippen LogP contribution in [0, 0.1) is 46.3 Å². The SMILES string of the molecule is COC(=O)CC[C@H](C)[C@@H]1CC[C@@H]2[C@@H]3CC[C@H]4C[C@H](OC(=O)c5ccccc5)CC[C@]4(C)[C@H]3C[C@H](OC(=O)c3ccccc3)[C@@]21C. The number of ether oxygens (including phenoxy) is 3. The Kier molecular flexibility index (Phi) is 9.14. The van der Waals surface area contributed by atoms with E-state index in [1.165, 1.54) is 13.5 Å². The summed E-state index contributed by atoms with van der Waals surface area (Å²) in [4.78, 5) is 38.6. The van der Waals surface area contributed by atoms with Crippen LogP contribution in [0.15, 0.2) is 60.7 Å². The van der Waals surface area contributed by atoms with Crippen molar-refractivity contribution in [2.45, 2.75) is 97.2 Å². The second-order valence-corrected chi connectivity index (χ2v) is 15.0. The van der Waals surface area contributed by atoms with Crippen LogP contribution in [0.25, 0.3) is 0 Å². The van der Waals surface area contributed by atoms with Crippen molar-refractivity contribution >= 4 is 17.9 Å². The molecule has 4 aliphatic rings. The van der Waals surface area contributed by atoms with E-state index < -0.39 is 0 Å². The molecular formula is C39H50O6. The number of rotatable bonds is 8. The second kappa shape index (κ2) is 12.9. The molecule has 2 aromatic carbocycles. The van der Waals surface area contributed by atoms with E-state index in [1.54, 1.807) is 0 Å². The van der Waals surface area contributed by atoms with Crippen LogP contribution in [0.5, 0.6) is 0 Å². The quantitative estimate of drug-likeness (QED) is 0.220. The van der Waals surface area contributed by atoms with Crippen molar-refractivity contribution < 1.29 is 28.6 Å². The summed E-state index contributed by atoms with van der Waals surface area (Å²) in [7, 11) is 1.46. The maximum atomic E-state index is 13.6. The van der Waals surface area contributed by atoms with E-state index in [1.807, 2.05) is 60.7 Å². The van der Waals surface area contributed by atoms with Gasteiger partial charge in [-0.25, -0.2) is 9.59 Å². The fourth-order valence-corrected chi connectivity index (χ4v) is 10.6. The van der Waals surface area contributed by atoms with E-state index in [-0.39, 0.29) is 40.9 Å². The average molecular weight is 615 g/mol. The largest absolute Gasteiger partial charge is 0.469 e. The maximum Gasteiger partial charge on any atom is 0.338 e. The minimum Gasteiger partial charge on any atom is -0.469 e. The number of fused-ring (bicyclic) bond motifs is 5. The van der Waals surface area contributed by atoms with Gasteiger partial charge in [0.05, 0.1) is 18.2 Å². The highest BCUT2D eigenvalue weighted by molar-refractivity contribution is 5.90. The van der Waals surface area contributed by atoms with E-state index in [0.29, 0.717) is 53.1 Å². The third-order valence-electron chi connectivity index (χ3n) is 13.0. The summed E-state index contributed by atoms with van der Waals surface area (Å²) in [5.41, 5.74) is 1.18. The highest BCUT2D eigenvalue weighted by Gasteiger charge is 2.65. The summed E-state index contributed by atoms with van der Waals surface area (Å²) < 4.78 is 17.6. The zero-order chi connectivity index (χ0) is 31.8. The number of carbonyl (C=O) groups excluding carboxylic acids is 3. The Morgan fingerprint density at radius 3 is 2.09 bits per heavy atom. The first-order valence-corrected chi connectivity index (χ1v) is 17.2. The summed E-state index contributed by atoms with van der Waals surface area (Å²) in [5, 5.41) is 0. The highest BCUT2D eigenvalue weighted by Crippen LogP contribution is 2.69. The Morgan fingerprint density at radius 1 is 0.800 bits per heavy atom. The van der Waals surface area contributed by atoms with Crippen LogP contribution in [0.1, 0.15) is 106 Å². The predicted octanol–water partition coefficient (Wildman–Crippen LogP) is 8.30. The molecule has 10 atom stereocenters. The maximum absolute atomic E-state index is 13.6. The Morgan fingerprint density at radius 2 is 1.44 bits per heavy atom. The van der Waals surface area contributed by atoms with Crippen molar-refractivity contribution in [2.24, 2.45) is 46.3 Å². The van der Waals surface area contributed by atoms with Gasteiger partial charge in [0.15, 0.2) is 0 Å². The fraction of sp³-hybridized carbons (Fsp3) is 0.615. The number of esters is 3. The van der Waals surface area contributed by atoms with Gasteiger partial charge in [-0.2, -0.15) is 0 Å². The zero-order valence-corrected chi connectivity index (χ0v) is 27.4. The average Bonchev–Trinajstić information content (AvgIpc) is 3.43. The number of methoxy groups -OCH3 is 1. The van der Waals surface area contributed by atoms with E-state index in [9.17, 15) is 14.4 Å². The van der Waals surface area contributed by atoms with Crippen molar-refractivity contribution in [1.82, 2.24) is 0 Å². The van der Waals surface area contributed by atoms with Gasteiger partial charge in [-0.1, -0.05) is 57.2 Å². The topological polar surface area (TPSA) is 78.9 Å². The fourth-order valence-electron chi connectivity index (χ4n) is 10.6. The third-order valence-corrected chi connectivity index (χ3v) is 13.0. The van der Waals surface area contributed by atoms with Crippen LogP contribution in [0.3, 0.4) is 0 Å². The van der Waals surface area contributed by atoms with Gasteiger partial charge in [0.1, 0.15) is 12.2 Å². The van der Waals surface area contributed by atoms with Crippen molar-refractivity contribution in [3.8, 4) is 0 Å². The number of carbonyl (C=O) groups is 3. The van der Waals surface area contributed by atoms with Gasteiger partial charge in [0.25, 0.3) is 0 Å². The van der Waals surface area contributed by atoms with Crippen LogP contribution >= 0.6 is 0 Å². The van der Waals surface area contributed by atoms with E-state index in [0.717, 1.165) is 51.4 Å². The van der Waals surface area contributed by atoms with Crippen LogP contribution in [-0.2, 0) is 19.0 Å². The van der Waals surface area contributed by atoms with Gasteiger partial charge >= 0.3 is 17.9 Å². The normalized spacial score (nSPS) is 36.0. The minimum absolute atomic E-state index is 0.0561. The number of hydrogen-bond acceptors (Lipinski definition) is 6. The molecule has 4 saturated carbocycles. The molecule has 0 amide bonds. The molecule has 6 nitrogen and oxygen atoms in total. The first-order valence-electron chi connectivity index (χ1n) is 17.2. The Balaban J connectivity index is 1.24. The molecule has 0 spiro atoms. The molecule has 0 unspecified atom stereocenters. The molecule has 4 fully saturated rings. The van der Waals surface area contributed by atoms with E-state index in [4.69, 9.17) is 14.2 Å². The van der Waals surface area contributed by atoms with Crippen molar-refractivity contribution in [3.05, 3.63) is 71.8 Å². The molecule has 0 bridgehead atoms. The molecule has 0 saturated heterocycles. The molecule has 6 rings (SSSR count). The molecule has 4 aliphatic carbocycles. The standard InChI is InChI=1S/C39H50O6/c1-25(15-20-35(40)43-4)31-18-19-32-30-17-16-28-23-29(44-36(41)26-11-7-5-8-12-26)21-22-38(28,2)33(30)24-34(39(31,32)3)45-37(42)27-13-9-6-10-14-27/h5-14,25,28-34H,15-24H2,1-4H3/t25-,28-,29+,30-,31-,32+,33-,34-,38-,39+/m0/s1. The molecule has 45 heavy (non-hydrogen) atoms. The van der Waals surface area contributed by atoms with Gasteiger partial charge in [-0.15, -0.1) is 0 Å². The lowest BCUT2D eigenvalue weighted by Gasteiger charge is -2.62. The summed E-state index contributed by atoms with van der Waals surface area (Å²) in [6, 6.07) is 18.7. The lowest BCUT2D eigenvalue weighted by atomic mass is 9.43. The first-order chi connectivity index (χ1) is 21.6. The predicted molar refractivity (Wildman–Crippen MR) is 172 cm³/mol. The molecule has 0 N–H and O–H groups in total. The van der Waals surface area contributed by atoms with Crippen LogP contribution in [0.2, 0.25) is 0 Å². The Labute approximate surface area is 268 Å². The van der Waals surface area contributed by atoms with Gasteiger partial charge in [0.2, 0.25) is 0 Å². The Hall–Kier alpha value is -3.15. The monoisotopic (exact) mass is 614 g/mol. The van der Waals surface area contributed by atoms with E-state index in [2.05, 4.69) is 20.8 Å². The summed E-state index contributed by atoms with van der Waals surface area (Å²) in [6.07, 6.45) is 9.21. The van der Waals surface area contributed by atoms with Gasteiger partial charge in [0, 0.05) is 11.8 Å². The molecule has 0 radical (unpaired) electrons. The molecule has 0 aliphatic heterocycles. The van der Waals surface area contributed by atoms with Crippen molar-refractivity contribution in [2.75, 3.05) is 7.11 Å². The summed E-state index contributed by atoms with van der Waals surface area (Å²) >= 11 is 0. The van der Waals surface area contributed by atoms with Crippen LogP contribution < -0.4 is 0 Å². The van der Waals surface area contributed by atoms with Gasteiger partial charge < -0.3 is 14.2 Å². The minimum atomic E-state index is -0.235. The summed E-state index contributed by atoms with van der Waals surface area (Å²) in [6.45, 7) is 7.16. The van der Waals surface area contributed by atoms with E-state index >= 15 is 0 Å². The lowest BCUT2D eigenvalue weighted by molar-refractivity contribution is -0.176. The summed E-state index contributed by atoms with van der Waals surface area (Å²) in [5.74, 6) is 2.08. The van der Waals surface area contributed by atoms with Crippen LogP contribution in [-0.4, -0.2) is 37.2 Å². The molecule has 2 aromatic rings. The van der Waals surface area contributed by atoms with Gasteiger partial charge in [-0.05, 0) is 123 Å². The second-order valence-electron chi connectivity index (χ2n) is 15.0. The molecule has 0 heterocycles. The lowest BCUT2D eigenvalue weighted by Crippen LogP contribution is -2.59. The number of benzene rings is 2. The first kappa shape index (κ1) is 31.8. The molecule has 0 aromatic heterocycles. The highest BCUT2D eigenvalue weighted by atomic mass is 16.5. The third kappa shape index (κ3) is 5.94. The van der Waals surface area contributed by atoms with Crippen molar-refractivity contribution in [1.29, 1.82) is 0 Å². The smallest absolute Gasteiger partial charge is 0.338 e. The van der Waals surface area contributed by atoms with Crippen molar-refractivity contribution in [3.63, 3.8) is 0 Å². The molecular weight excluding hydrogens is 564 g/mol. The number of hydrogen-bond donors (Lipinski definition) is 0. The molecule has 242 valence electrons. The molecule has 6 heteroatoms. The Bertz CT molecular complexity index is 1360. The zero-order valence-electron chi connectivity index (χ0n) is 27.4. The van der Waals surface area contributed by atoms with Crippen LogP contribution in [0.4, 0.5) is 0 Å². The van der Waals surface area contributed by atoms with Gasteiger partial charge in [-0.3, -0.25) is 4.79 Å².